The van der Waals surface area contributed by atoms with Crippen LogP contribution in [0.25, 0.3) is 0 Å². The van der Waals surface area contributed by atoms with Crippen molar-refractivity contribution in [1.82, 2.24) is 4.98 Å². The number of aromatic nitrogens is 1. The van der Waals surface area contributed by atoms with Gasteiger partial charge in [0.05, 0.1) is 16.1 Å². The lowest BCUT2D eigenvalue weighted by atomic mass is 10.2. The Morgan fingerprint density at radius 2 is 2.50 bits per heavy atom. The summed E-state index contributed by atoms with van der Waals surface area (Å²) in [6.07, 6.45) is 1.93. The van der Waals surface area contributed by atoms with Crippen LogP contribution in [0.5, 0.6) is 0 Å². The van der Waals surface area contributed by atoms with E-state index < -0.39 is 6.10 Å². The predicted octanol–water partition coefficient (Wildman–Crippen LogP) is 1.01. The largest absolute Gasteiger partial charge is 0.386 e. The molecular weight excluding hydrogens is 172 g/mol. The van der Waals surface area contributed by atoms with Crippen molar-refractivity contribution in [3.05, 3.63) is 16.1 Å². The maximum absolute atomic E-state index is 9.52. The molecule has 12 heavy (non-hydrogen) atoms. The van der Waals surface area contributed by atoms with E-state index in [0.29, 0.717) is 12.5 Å². The SMILES string of the molecule is NC[C@H](O)c1scnc1C1CC1. The van der Waals surface area contributed by atoms with E-state index in [-0.39, 0.29) is 0 Å². The highest BCUT2D eigenvalue weighted by atomic mass is 32.1. The third-order valence-corrected chi connectivity index (χ3v) is 3.06. The Morgan fingerprint density at radius 3 is 3.08 bits per heavy atom. The summed E-state index contributed by atoms with van der Waals surface area (Å²) in [6.45, 7) is 0.294. The van der Waals surface area contributed by atoms with Gasteiger partial charge in [-0.05, 0) is 12.8 Å². The fourth-order valence-electron chi connectivity index (χ4n) is 1.28. The molecule has 1 heterocycles. The highest BCUT2D eigenvalue weighted by Gasteiger charge is 2.29. The lowest BCUT2D eigenvalue weighted by Crippen LogP contribution is -2.11. The topological polar surface area (TPSA) is 59.1 Å². The smallest absolute Gasteiger partial charge is 0.102 e. The second-order valence-electron chi connectivity index (χ2n) is 3.13. The van der Waals surface area contributed by atoms with Gasteiger partial charge in [0.1, 0.15) is 6.10 Å². The number of nitrogens with two attached hydrogens (primary N) is 1. The minimum Gasteiger partial charge on any atom is -0.386 e. The summed E-state index contributed by atoms with van der Waals surface area (Å²) < 4.78 is 0. The summed E-state index contributed by atoms with van der Waals surface area (Å²) in [6, 6.07) is 0. The molecule has 1 aromatic heterocycles. The van der Waals surface area contributed by atoms with Gasteiger partial charge in [-0.25, -0.2) is 4.98 Å². The fraction of sp³-hybridized carbons (Fsp3) is 0.625. The quantitative estimate of drug-likeness (QED) is 0.737. The highest BCUT2D eigenvalue weighted by Crippen LogP contribution is 2.43. The molecule has 1 aliphatic carbocycles. The first kappa shape index (κ1) is 8.16. The van der Waals surface area contributed by atoms with Gasteiger partial charge in [0.2, 0.25) is 0 Å². The van der Waals surface area contributed by atoms with Gasteiger partial charge in [0, 0.05) is 12.5 Å². The molecule has 0 aromatic carbocycles. The van der Waals surface area contributed by atoms with Crippen LogP contribution < -0.4 is 5.73 Å². The van der Waals surface area contributed by atoms with E-state index in [1.807, 2.05) is 0 Å². The van der Waals surface area contributed by atoms with Crippen LogP contribution in [-0.4, -0.2) is 16.6 Å². The van der Waals surface area contributed by atoms with Gasteiger partial charge in [0.15, 0.2) is 0 Å². The Hall–Kier alpha value is -0.450. The molecule has 4 heteroatoms. The van der Waals surface area contributed by atoms with Crippen LogP contribution in [-0.2, 0) is 0 Å². The number of rotatable bonds is 3. The molecule has 0 saturated heterocycles. The van der Waals surface area contributed by atoms with E-state index in [1.54, 1.807) is 5.51 Å². The molecule has 66 valence electrons. The van der Waals surface area contributed by atoms with E-state index in [2.05, 4.69) is 4.98 Å². The number of hydrogen-bond acceptors (Lipinski definition) is 4. The molecule has 3 nitrogen and oxygen atoms in total. The second-order valence-corrected chi connectivity index (χ2v) is 4.01. The molecular formula is C8H12N2OS. The molecule has 0 bridgehead atoms. The van der Waals surface area contributed by atoms with Gasteiger partial charge in [-0.1, -0.05) is 0 Å². The van der Waals surface area contributed by atoms with Crippen LogP contribution in [0.4, 0.5) is 0 Å². The molecule has 0 aliphatic heterocycles. The molecule has 1 saturated carbocycles. The van der Waals surface area contributed by atoms with Crippen molar-refractivity contribution in [3.8, 4) is 0 Å². The summed E-state index contributed by atoms with van der Waals surface area (Å²) in [4.78, 5) is 5.22. The van der Waals surface area contributed by atoms with Crippen molar-refractivity contribution in [1.29, 1.82) is 0 Å². The molecule has 0 amide bonds. The number of aliphatic hydroxyl groups is 1. The fourth-order valence-corrected chi connectivity index (χ4v) is 2.16. The first-order valence-corrected chi connectivity index (χ1v) is 5.02. The molecule has 2 rings (SSSR count). The van der Waals surface area contributed by atoms with Crippen LogP contribution in [0.1, 0.15) is 35.4 Å². The van der Waals surface area contributed by atoms with Crippen LogP contribution in [0.3, 0.4) is 0 Å². The third kappa shape index (κ3) is 1.37. The Bertz CT molecular complexity index is 270. The third-order valence-electron chi connectivity index (χ3n) is 2.11. The average Bonchev–Trinajstić information content (AvgIpc) is 2.83. The van der Waals surface area contributed by atoms with Crippen LogP contribution >= 0.6 is 11.3 Å². The number of nitrogens with zero attached hydrogens (tertiary/aromatic N) is 1. The summed E-state index contributed by atoms with van der Waals surface area (Å²) in [5.74, 6) is 0.604. The van der Waals surface area contributed by atoms with E-state index in [4.69, 9.17) is 5.73 Å². The van der Waals surface area contributed by atoms with Gasteiger partial charge in [0.25, 0.3) is 0 Å². The maximum atomic E-state index is 9.52. The molecule has 0 spiro atoms. The zero-order chi connectivity index (χ0) is 8.55. The van der Waals surface area contributed by atoms with Gasteiger partial charge < -0.3 is 10.8 Å². The maximum Gasteiger partial charge on any atom is 0.102 e. The van der Waals surface area contributed by atoms with Gasteiger partial charge >= 0.3 is 0 Å². The lowest BCUT2D eigenvalue weighted by molar-refractivity contribution is 0.189. The van der Waals surface area contributed by atoms with Gasteiger partial charge in [-0.2, -0.15) is 0 Å². The van der Waals surface area contributed by atoms with Crippen LogP contribution in [0.2, 0.25) is 0 Å². The highest BCUT2D eigenvalue weighted by molar-refractivity contribution is 7.09. The predicted molar refractivity (Wildman–Crippen MR) is 48.1 cm³/mol. The minimum absolute atomic E-state index is 0.294. The van der Waals surface area contributed by atoms with E-state index in [0.717, 1.165) is 10.6 Å². The molecule has 3 N–H and O–H groups in total. The molecule has 1 aromatic rings. The lowest BCUT2D eigenvalue weighted by Gasteiger charge is -2.05. The Labute approximate surface area is 75.2 Å². The normalized spacial score (nSPS) is 19.5. The van der Waals surface area contributed by atoms with Crippen molar-refractivity contribution in [3.63, 3.8) is 0 Å². The van der Waals surface area contributed by atoms with E-state index in [9.17, 15) is 5.11 Å². The molecule has 1 atom stereocenters. The van der Waals surface area contributed by atoms with Crippen molar-refractivity contribution >= 4 is 11.3 Å². The zero-order valence-electron chi connectivity index (χ0n) is 6.73. The second kappa shape index (κ2) is 3.12. The molecule has 1 fully saturated rings. The Kier molecular flexibility index (Phi) is 2.12. The van der Waals surface area contributed by atoms with Gasteiger partial charge in [-0.3, -0.25) is 0 Å². The minimum atomic E-state index is -0.506. The summed E-state index contributed by atoms with van der Waals surface area (Å²) in [5, 5.41) is 9.52. The average molecular weight is 184 g/mol. The van der Waals surface area contributed by atoms with E-state index >= 15 is 0 Å². The van der Waals surface area contributed by atoms with Crippen LogP contribution in [0, 0.1) is 0 Å². The molecule has 0 unspecified atom stereocenters. The monoisotopic (exact) mass is 184 g/mol. The summed E-state index contributed by atoms with van der Waals surface area (Å²) in [5.41, 5.74) is 8.26. The zero-order valence-corrected chi connectivity index (χ0v) is 7.55. The first-order chi connectivity index (χ1) is 5.83. The standard InChI is InChI=1S/C8H12N2OS/c9-3-6(11)8-7(5-1-2-5)10-4-12-8/h4-6,11H,1-3,9H2/t6-/m0/s1. The molecule has 0 radical (unpaired) electrons. The van der Waals surface area contributed by atoms with Crippen molar-refractivity contribution in [2.45, 2.75) is 24.9 Å². The number of thiazole rings is 1. The first-order valence-electron chi connectivity index (χ1n) is 4.14. The number of hydrogen-bond donors (Lipinski definition) is 2. The summed E-state index contributed by atoms with van der Waals surface area (Å²) in [7, 11) is 0. The van der Waals surface area contributed by atoms with Gasteiger partial charge in [-0.15, -0.1) is 11.3 Å². The van der Waals surface area contributed by atoms with Crippen molar-refractivity contribution < 1.29 is 5.11 Å². The van der Waals surface area contributed by atoms with Crippen molar-refractivity contribution in [2.24, 2.45) is 5.73 Å². The Balaban J connectivity index is 2.23. The number of aliphatic hydroxyl groups excluding tert-OH is 1. The van der Waals surface area contributed by atoms with E-state index in [1.165, 1.54) is 24.2 Å². The molecule has 1 aliphatic rings. The Morgan fingerprint density at radius 1 is 1.75 bits per heavy atom. The van der Waals surface area contributed by atoms with Crippen LogP contribution in [0.15, 0.2) is 5.51 Å². The van der Waals surface area contributed by atoms with Crippen molar-refractivity contribution in [2.75, 3.05) is 6.54 Å². The summed E-state index contributed by atoms with van der Waals surface area (Å²) >= 11 is 1.51.